The summed E-state index contributed by atoms with van der Waals surface area (Å²) in [4.78, 5) is 10.8. The van der Waals surface area contributed by atoms with Crippen molar-refractivity contribution < 1.29 is 27.8 Å². The van der Waals surface area contributed by atoms with Gasteiger partial charge >= 0.3 is 5.97 Å². The fraction of sp³-hybridized carbons (Fsp3) is 0.0870. The summed E-state index contributed by atoms with van der Waals surface area (Å²) in [6.07, 6.45) is 1.52. The molecule has 3 rings (SSSR count). The van der Waals surface area contributed by atoms with Crippen molar-refractivity contribution in [2.24, 2.45) is 0 Å². The molecule has 0 fully saturated rings. The van der Waals surface area contributed by atoms with E-state index in [1.165, 1.54) is 18.2 Å². The largest absolute Gasteiger partial charge is 0.490 e. The van der Waals surface area contributed by atoms with Crippen molar-refractivity contribution in [3.8, 4) is 11.5 Å². The summed E-state index contributed by atoms with van der Waals surface area (Å²) in [5, 5.41) is 9.99. The highest BCUT2D eigenvalue weighted by Crippen LogP contribution is 2.18. The molecule has 31 heavy (non-hydrogen) atoms. The van der Waals surface area contributed by atoms with Gasteiger partial charge in [0.25, 0.3) is 10.0 Å². The van der Waals surface area contributed by atoms with Gasteiger partial charge in [-0.1, -0.05) is 30.3 Å². The van der Waals surface area contributed by atoms with Crippen molar-refractivity contribution in [2.45, 2.75) is 0 Å². The first-order valence-electron chi connectivity index (χ1n) is 9.36. The highest BCUT2D eigenvalue weighted by atomic mass is 32.2. The Bertz CT molecular complexity index is 1120. The summed E-state index contributed by atoms with van der Waals surface area (Å²) in [5.41, 5.74) is 1.39. The monoisotopic (exact) mass is 439 g/mol. The van der Waals surface area contributed by atoms with Gasteiger partial charge in [-0.05, 0) is 60.2 Å². The zero-order valence-electron chi connectivity index (χ0n) is 16.5. The molecule has 0 spiro atoms. The van der Waals surface area contributed by atoms with Gasteiger partial charge in [-0.3, -0.25) is 4.72 Å². The van der Waals surface area contributed by atoms with Gasteiger partial charge in [0.15, 0.2) is 0 Å². The first-order valence-corrected chi connectivity index (χ1v) is 10.9. The van der Waals surface area contributed by atoms with Gasteiger partial charge in [0.1, 0.15) is 24.7 Å². The third kappa shape index (κ3) is 7.20. The molecule has 0 aliphatic carbocycles. The minimum Gasteiger partial charge on any atom is -0.490 e. The Hall–Kier alpha value is -3.78. The van der Waals surface area contributed by atoms with Crippen LogP contribution in [0.15, 0.2) is 84.3 Å². The Kier molecular flexibility index (Phi) is 7.29. The zero-order chi connectivity index (χ0) is 22.1. The van der Waals surface area contributed by atoms with Crippen molar-refractivity contribution >= 4 is 27.8 Å². The quantitative estimate of drug-likeness (QED) is 0.458. The van der Waals surface area contributed by atoms with Crippen LogP contribution in [0.1, 0.15) is 15.9 Å². The summed E-state index contributed by atoms with van der Waals surface area (Å²) >= 11 is 0. The normalized spacial score (nSPS) is 11.2. The van der Waals surface area contributed by atoms with E-state index in [1.807, 2.05) is 30.3 Å². The second kappa shape index (κ2) is 10.3. The molecule has 0 heterocycles. The Morgan fingerprint density at radius 2 is 1.39 bits per heavy atom. The number of anilines is 1. The van der Waals surface area contributed by atoms with Crippen LogP contribution in [0.25, 0.3) is 6.08 Å². The predicted molar refractivity (Wildman–Crippen MR) is 119 cm³/mol. The van der Waals surface area contributed by atoms with E-state index < -0.39 is 16.0 Å². The van der Waals surface area contributed by atoms with E-state index >= 15 is 0 Å². The third-order valence-electron chi connectivity index (χ3n) is 4.08. The van der Waals surface area contributed by atoms with Gasteiger partial charge in [-0.15, -0.1) is 0 Å². The smallest absolute Gasteiger partial charge is 0.335 e. The van der Waals surface area contributed by atoms with E-state index in [-0.39, 0.29) is 18.8 Å². The molecular formula is C23H21NO6S. The summed E-state index contributed by atoms with van der Waals surface area (Å²) < 4.78 is 37.9. The number of carbonyl (C=O) groups is 1. The number of rotatable bonds is 10. The van der Waals surface area contributed by atoms with Crippen LogP contribution in [-0.4, -0.2) is 32.7 Å². The summed E-state index contributed by atoms with van der Waals surface area (Å²) in [7, 11) is -3.63. The molecule has 0 atom stereocenters. The molecule has 3 aromatic rings. The molecule has 7 nitrogen and oxygen atoms in total. The van der Waals surface area contributed by atoms with Gasteiger partial charge < -0.3 is 14.6 Å². The molecule has 0 saturated carbocycles. The average molecular weight is 439 g/mol. The molecule has 0 amide bonds. The Morgan fingerprint density at radius 1 is 0.839 bits per heavy atom. The minimum absolute atomic E-state index is 0.190. The van der Waals surface area contributed by atoms with Crippen LogP contribution in [-0.2, 0) is 10.0 Å². The van der Waals surface area contributed by atoms with Crippen LogP contribution in [0.2, 0.25) is 0 Å². The van der Waals surface area contributed by atoms with E-state index in [2.05, 4.69) is 4.72 Å². The number of hydrogen-bond donors (Lipinski definition) is 2. The molecule has 2 N–H and O–H groups in total. The van der Waals surface area contributed by atoms with E-state index in [4.69, 9.17) is 14.6 Å². The molecular weight excluding hydrogens is 418 g/mol. The molecule has 0 aliphatic heterocycles. The summed E-state index contributed by atoms with van der Waals surface area (Å²) in [5.74, 6) is 0.113. The first kappa shape index (κ1) is 21.9. The Labute approximate surface area is 180 Å². The van der Waals surface area contributed by atoms with Gasteiger partial charge in [0, 0.05) is 5.69 Å². The molecule has 0 bridgehead atoms. The second-order valence-electron chi connectivity index (χ2n) is 6.41. The first-order chi connectivity index (χ1) is 14.9. The summed E-state index contributed by atoms with van der Waals surface area (Å²) in [6.45, 7) is 0.538. The van der Waals surface area contributed by atoms with Crippen LogP contribution < -0.4 is 14.2 Å². The number of aromatic carboxylic acids is 1. The maximum Gasteiger partial charge on any atom is 0.335 e. The SMILES string of the molecule is O=C(O)c1ccc(OCCOc2ccc(NS(=O)(=O)C=Cc3ccccc3)cc2)cc1. The molecule has 3 aromatic carbocycles. The second-order valence-corrected chi connectivity index (χ2v) is 7.98. The maximum absolute atomic E-state index is 12.2. The van der Waals surface area contributed by atoms with Crippen LogP contribution in [0.5, 0.6) is 11.5 Å². The van der Waals surface area contributed by atoms with Crippen LogP contribution in [0.4, 0.5) is 5.69 Å². The summed E-state index contributed by atoms with van der Waals surface area (Å²) in [6, 6.07) is 21.8. The molecule has 0 radical (unpaired) electrons. The van der Waals surface area contributed by atoms with Crippen molar-refractivity contribution in [3.05, 3.63) is 95.4 Å². The maximum atomic E-state index is 12.2. The van der Waals surface area contributed by atoms with Crippen LogP contribution >= 0.6 is 0 Å². The van der Waals surface area contributed by atoms with Crippen molar-refractivity contribution in [1.29, 1.82) is 0 Å². The molecule has 160 valence electrons. The lowest BCUT2D eigenvalue weighted by atomic mass is 10.2. The standard InChI is InChI=1S/C23H21NO6S/c25-23(26)19-6-10-21(11-7-19)29-15-16-30-22-12-8-20(9-13-22)24-31(27,28)17-14-18-4-2-1-3-5-18/h1-14,17,24H,15-16H2,(H,25,26). The topological polar surface area (TPSA) is 102 Å². The average Bonchev–Trinajstić information content (AvgIpc) is 2.77. The Morgan fingerprint density at radius 3 is 1.94 bits per heavy atom. The van der Waals surface area contributed by atoms with Crippen molar-refractivity contribution in [1.82, 2.24) is 0 Å². The van der Waals surface area contributed by atoms with E-state index in [0.29, 0.717) is 17.2 Å². The third-order valence-corrected chi connectivity index (χ3v) is 5.09. The number of hydrogen-bond acceptors (Lipinski definition) is 5. The minimum atomic E-state index is -3.63. The van der Waals surface area contributed by atoms with Crippen LogP contribution in [0.3, 0.4) is 0 Å². The molecule has 0 aliphatic rings. The predicted octanol–water partition coefficient (Wildman–Crippen LogP) is 4.26. The number of ether oxygens (including phenoxy) is 2. The number of sulfonamides is 1. The van der Waals surface area contributed by atoms with Crippen molar-refractivity contribution in [3.63, 3.8) is 0 Å². The van der Waals surface area contributed by atoms with Crippen LogP contribution in [0, 0.1) is 0 Å². The van der Waals surface area contributed by atoms with E-state index in [9.17, 15) is 13.2 Å². The lowest BCUT2D eigenvalue weighted by molar-refractivity contribution is 0.0697. The molecule has 0 saturated heterocycles. The number of benzene rings is 3. The molecule has 8 heteroatoms. The van der Waals surface area contributed by atoms with Gasteiger partial charge in [-0.2, -0.15) is 0 Å². The highest BCUT2D eigenvalue weighted by Gasteiger charge is 2.06. The number of carboxylic acid groups (broad SMARTS) is 1. The fourth-order valence-electron chi connectivity index (χ4n) is 2.56. The number of carboxylic acids is 1. The number of nitrogens with one attached hydrogen (secondary N) is 1. The fourth-order valence-corrected chi connectivity index (χ4v) is 3.43. The van der Waals surface area contributed by atoms with E-state index in [1.54, 1.807) is 36.4 Å². The van der Waals surface area contributed by atoms with Gasteiger partial charge in [-0.25, -0.2) is 13.2 Å². The van der Waals surface area contributed by atoms with Gasteiger partial charge in [0.05, 0.1) is 11.0 Å². The Balaban J connectivity index is 1.45. The van der Waals surface area contributed by atoms with E-state index in [0.717, 1.165) is 11.0 Å². The van der Waals surface area contributed by atoms with Gasteiger partial charge in [0.2, 0.25) is 0 Å². The zero-order valence-corrected chi connectivity index (χ0v) is 17.3. The lowest BCUT2D eigenvalue weighted by Crippen LogP contribution is -2.10. The molecule has 0 unspecified atom stereocenters. The lowest BCUT2D eigenvalue weighted by Gasteiger charge is -2.10. The van der Waals surface area contributed by atoms with Crippen molar-refractivity contribution in [2.75, 3.05) is 17.9 Å². The highest BCUT2D eigenvalue weighted by molar-refractivity contribution is 7.95. The molecule has 0 aromatic heterocycles.